The Kier molecular flexibility index (Phi) is 5.50. The van der Waals surface area contributed by atoms with Gasteiger partial charge in [-0.05, 0) is 45.0 Å². The molecule has 0 spiro atoms. The molecule has 0 unspecified atom stereocenters. The van der Waals surface area contributed by atoms with Crippen molar-refractivity contribution in [1.29, 1.82) is 0 Å². The molecule has 0 bridgehead atoms. The Balaban J connectivity index is 1.83. The number of likely N-dealkylation sites (N-methyl/N-ethyl adjacent to an activating group) is 1. The van der Waals surface area contributed by atoms with Crippen molar-refractivity contribution < 1.29 is 9.18 Å². The van der Waals surface area contributed by atoms with Gasteiger partial charge in [0.15, 0.2) is 0 Å². The molecule has 0 fully saturated rings. The highest BCUT2D eigenvalue weighted by atomic mass is 19.1. The lowest BCUT2D eigenvalue weighted by atomic mass is 10.1. The van der Waals surface area contributed by atoms with Gasteiger partial charge in [-0.1, -0.05) is 12.1 Å². The number of halogens is 1. The van der Waals surface area contributed by atoms with Gasteiger partial charge in [0.25, 0.3) is 0 Å². The fourth-order valence-electron chi connectivity index (χ4n) is 2.43. The Morgan fingerprint density at radius 3 is 2.52 bits per heavy atom. The normalized spacial score (nSPS) is 11.0. The summed E-state index contributed by atoms with van der Waals surface area (Å²) in [5, 5.41) is 7.21. The van der Waals surface area contributed by atoms with Crippen LogP contribution < -0.4 is 5.32 Å². The summed E-state index contributed by atoms with van der Waals surface area (Å²) in [4.78, 5) is 14.1. The summed E-state index contributed by atoms with van der Waals surface area (Å²) in [6.07, 6.45) is 0.773. The molecule has 1 amide bonds. The number of aryl methyl sites for hydroxylation is 2. The SMILES string of the molecule is Cc1nn(C)c(C)c1NC(=O)CN(C)CCc1ccc(F)cc1. The highest BCUT2D eigenvalue weighted by molar-refractivity contribution is 5.93. The zero-order chi connectivity index (χ0) is 17.0. The molecule has 23 heavy (non-hydrogen) atoms. The van der Waals surface area contributed by atoms with Gasteiger partial charge in [-0.15, -0.1) is 0 Å². The number of rotatable bonds is 6. The summed E-state index contributed by atoms with van der Waals surface area (Å²) < 4.78 is 14.6. The van der Waals surface area contributed by atoms with Crippen LogP contribution >= 0.6 is 0 Å². The zero-order valence-corrected chi connectivity index (χ0v) is 14.1. The third-order valence-electron chi connectivity index (χ3n) is 3.88. The van der Waals surface area contributed by atoms with E-state index in [1.54, 1.807) is 16.8 Å². The van der Waals surface area contributed by atoms with Crippen molar-refractivity contribution in [2.24, 2.45) is 7.05 Å². The number of benzene rings is 1. The average molecular weight is 318 g/mol. The van der Waals surface area contributed by atoms with E-state index in [2.05, 4.69) is 10.4 Å². The summed E-state index contributed by atoms with van der Waals surface area (Å²) in [5.41, 5.74) is 3.58. The van der Waals surface area contributed by atoms with Gasteiger partial charge in [0.2, 0.25) is 5.91 Å². The number of nitrogens with zero attached hydrogens (tertiary/aromatic N) is 3. The molecule has 1 aromatic heterocycles. The molecule has 0 saturated heterocycles. The van der Waals surface area contributed by atoms with E-state index in [-0.39, 0.29) is 11.7 Å². The van der Waals surface area contributed by atoms with Crippen LogP contribution in [0.5, 0.6) is 0 Å². The van der Waals surface area contributed by atoms with E-state index in [0.717, 1.165) is 35.6 Å². The quantitative estimate of drug-likeness (QED) is 0.889. The van der Waals surface area contributed by atoms with E-state index in [9.17, 15) is 9.18 Å². The zero-order valence-electron chi connectivity index (χ0n) is 14.1. The highest BCUT2D eigenvalue weighted by Crippen LogP contribution is 2.18. The lowest BCUT2D eigenvalue weighted by molar-refractivity contribution is -0.117. The number of nitrogens with one attached hydrogen (secondary N) is 1. The molecule has 2 aromatic rings. The third-order valence-corrected chi connectivity index (χ3v) is 3.88. The number of aromatic nitrogens is 2. The maximum Gasteiger partial charge on any atom is 0.238 e. The van der Waals surface area contributed by atoms with Gasteiger partial charge in [-0.2, -0.15) is 5.10 Å². The van der Waals surface area contributed by atoms with Gasteiger partial charge in [0, 0.05) is 13.6 Å². The van der Waals surface area contributed by atoms with Crippen molar-refractivity contribution >= 4 is 11.6 Å². The lowest BCUT2D eigenvalue weighted by Crippen LogP contribution is -2.31. The van der Waals surface area contributed by atoms with E-state index >= 15 is 0 Å². The second-order valence-corrected chi connectivity index (χ2v) is 5.83. The molecule has 0 atom stereocenters. The first-order valence-electron chi connectivity index (χ1n) is 7.60. The third kappa shape index (κ3) is 4.63. The molecule has 0 aliphatic rings. The summed E-state index contributed by atoms with van der Waals surface area (Å²) in [6, 6.07) is 6.45. The summed E-state index contributed by atoms with van der Waals surface area (Å²) in [7, 11) is 3.75. The van der Waals surface area contributed by atoms with Gasteiger partial charge in [0.1, 0.15) is 5.82 Å². The van der Waals surface area contributed by atoms with Crippen LogP contribution in [0, 0.1) is 19.7 Å². The molecule has 1 aromatic carbocycles. The number of hydrogen-bond donors (Lipinski definition) is 1. The molecule has 0 aliphatic heterocycles. The molecular weight excluding hydrogens is 295 g/mol. The molecule has 0 radical (unpaired) electrons. The van der Waals surface area contributed by atoms with Crippen LogP contribution in [0.4, 0.5) is 10.1 Å². The molecule has 6 heteroatoms. The number of amides is 1. The standard InChI is InChI=1S/C17H23FN4O/c1-12-17(13(2)22(4)20-12)19-16(23)11-21(3)10-9-14-5-7-15(18)8-6-14/h5-8H,9-11H2,1-4H3,(H,19,23). The van der Waals surface area contributed by atoms with E-state index in [1.807, 2.05) is 32.8 Å². The van der Waals surface area contributed by atoms with Gasteiger partial charge < -0.3 is 5.32 Å². The van der Waals surface area contributed by atoms with Gasteiger partial charge in [-0.25, -0.2) is 4.39 Å². The van der Waals surface area contributed by atoms with Crippen LogP contribution in [0.25, 0.3) is 0 Å². The van der Waals surface area contributed by atoms with Crippen molar-refractivity contribution in [3.05, 3.63) is 47.0 Å². The van der Waals surface area contributed by atoms with Crippen molar-refractivity contribution in [2.75, 3.05) is 25.5 Å². The number of hydrogen-bond acceptors (Lipinski definition) is 3. The minimum absolute atomic E-state index is 0.0641. The lowest BCUT2D eigenvalue weighted by Gasteiger charge is -2.16. The summed E-state index contributed by atoms with van der Waals surface area (Å²) in [6.45, 7) is 4.83. The minimum Gasteiger partial charge on any atom is -0.322 e. The molecule has 1 N–H and O–H groups in total. The molecular formula is C17H23FN4O. The smallest absolute Gasteiger partial charge is 0.238 e. The largest absolute Gasteiger partial charge is 0.322 e. The molecule has 124 valence electrons. The Labute approximate surface area is 136 Å². The molecule has 0 aliphatic carbocycles. The minimum atomic E-state index is -0.233. The van der Waals surface area contributed by atoms with Crippen LogP contribution in [0.3, 0.4) is 0 Å². The highest BCUT2D eigenvalue weighted by Gasteiger charge is 2.13. The fourth-order valence-corrected chi connectivity index (χ4v) is 2.43. The Morgan fingerprint density at radius 1 is 1.30 bits per heavy atom. The van der Waals surface area contributed by atoms with Crippen molar-refractivity contribution in [3.63, 3.8) is 0 Å². The van der Waals surface area contributed by atoms with E-state index < -0.39 is 0 Å². The monoisotopic (exact) mass is 318 g/mol. The average Bonchev–Trinajstić information content (AvgIpc) is 2.73. The van der Waals surface area contributed by atoms with E-state index in [0.29, 0.717) is 6.54 Å². The fraction of sp³-hybridized carbons (Fsp3) is 0.412. The molecule has 0 saturated carbocycles. The number of carbonyl (C=O) groups is 1. The maximum atomic E-state index is 12.9. The van der Waals surface area contributed by atoms with Crippen LogP contribution in [0.1, 0.15) is 17.0 Å². The molecule has 1 heterocycles. The maximum absolute atomic E-state index is 12.9. The number of anilines is 1. The van der Waals surface area contributed by atoms with Crippen LogP contribution in [-0.2, 0) is 18.3 Å². The van der Waals surface area contributed by atoms with Gasteiger partial charge >= 0.3 is 0 Å². The van der Waals surface area contributed by atoms with Crippen molar-refractivity contribution in [3.8, 4) is 0 Å². The second kappa shape index (κ2) is 7.37. The van der Waals surface area contributed by atoms with Crippen molar-refractivity contribution in [1.82, 2.24) is 14.7 Å². The van der Waals surface area contributed by atoms with Gasteiger partial charge in [0.05, 0.1) is 23.6 Å². The van der Waals surface area contributed by atoms with E-state index in [4.69, 9.17) is 0 Å². The Hall–Kier alpha value is -2.21. The predicted octanol–water partition coefficient (Wildman–Crippen LogP) is 2.29. The van der Waals surface area contributed by atoms with E-state index in [1.165, 1.54) is 12.1 Å². The Morgan fingerprint density at radius 2 is 1.96 bits per heavy atom. The van der Waals surface area contributed by atoms with Crippen LogP contribution in [0.15, 0.2) is 24.3 Å². The van der Waals surface area contributed by atoms with Crippen molar-refractivity contribution in [2.45, 2.75) is 20.3 Å². The van der Waals surface area contributed by atoms with Gasteiger partial charge in [-0.3, -0.25) is 14.4 Å². The first-order valence-corrected chi connectivity index (χ1v) is 7.60. The summed E-state index contributed by atoms with van der Waals surface area (Å²) >= 11 is 0. The molecule has 5 nitrogen and oxygen atoms in total. The first-order chi connectivity index (χ1) is 10.9. The predicted molar refractivity (Wildman–Crippen MR) is 88.9 cm³/mol. The molecule has 2 rings (SSSR count). The van der Waals surface area contributed by atoms with Crippen LogP contribution in [-0.4, -0.2) is 40.7 Å². The second-order valence-electron chi connectivity index (χ2n) is 5.83. The number of carbonyl (C=O) groups excluding carboxylic acids is 1. The topological polar surface area (TPSA) is 50.2 Å². The first kappa shape index (κ1) is 17.1. The van der Waals surface area contributed by atoms with Crippen LogP contribution in [0.2, 0.25) is 0 Å². The Bertz CT molecular complexity index is 679. The summed E-state index contributed by atoms with van der Waals surface area (Å²) in [5.74, 6) is -0.297.